The van der Waals surface area contributed by atoms with Crippen molar-refractivity contribution in [1.29, 1.82) is 0 Å². The summed E-state index contributed by atoms with van der Waals surface area (Å²) in [6.45, 7) is 0. The van der Waals surface area contributed by atoms with Crippen molar-refractivity contribution in [2.75, 3.05) is 24.4 Å². The Morgan fingerprint density at radius 3 is 2.48 bits per heavy atom. The van der Waals surface area contributed by atoms with Crippen molar-refractivity contribution in [1.82, 2.24) is 10.2 Å². The van der Waals surface area contributed by atoms with Gasteiger partial charge in [-0.1, -0.05) is 24.3 Å². The van der Waals surface area contributed by atoms with Crippen LogP contribution >= 0.6 is 0 Å². The standard InChI is InChI=1S/C19H18N4O2/c1-23(15-8-4-3-5-9-15)19(24)17-11-12-18(22-21-17)20-14-7-6-10-16(13-14)25-2/h3-13H,1-2H3,(H,20,22). The van der Waals surface area contributed by atoms with E-state index in [9.17, 15) is 4.79 Å². The van der Waals surface area contributed by atoms with Crippen LogP contribution in [0.15, 0.2) is 66.7 Å². The molecule has 3 aromatic rings. The lowest BCUT2D eigenvalue weighted by Crippen LogP contribution is -2.27. The van der Waals surface area contributed by atoms with E-state index in [-0.39, 0.29) is 11.6 Å². The van der Waals surface area contributed by atoms with Gasteiger partial charge in [-0.25, -0.2) is 0 Å². The first-order valence-corrected chi connectivity index (χ1v) is 7.75. The molecule has 0 aliphatic rings. The van der Waals surface area contributed by atoms with Gasteiger partial charge in [0.2, 0.25) is 0 Å². The number of rotatable bonds is 5. The maximum Gasteiger partial charge on any atom is 0.278 e. The van der Waals surface area contributed by atoms with Crippen molar-refractivity contribution in [2.24, 2.45) is 0 Å². The molecule has 6 heteroatoms. The molecule has 0 unspecified atom stereocenters. The molecule has 0 spiro atoms. The van der Waals surface area contributed by atoms with Gasteiger partial charge in [-0.2, -0.15) is 0 Å². The predicted molar refractivity (Wildman–Crippen MR) is 97.5 cm³/mol. The van der Waals surface area contributed by atoms with Gasteiger partial charge in [0.05, 0.1) is 7.11 Å². The molecule has 1 heterocycles. The average Bonchev–Trinajstić information content (AvgIpc) is 2.68. The quantitative estimate of drug-likeness (QED) is 0.773. The summed E-state index contributed by atoms with van der Waals surface area (Å²) in [5.41, 5.74) is 1.91. The van der Waals surface area contributed by atoms with Gasteiger partial charge in [0.15, 0.2) is 11.5 Å². The average molecular weight is 334 g/mol. The Hall–Kier alpha value is -3.41. The molecular weight excluding hydrogens is 316 g/mol. The Morgan fingerprint density at radius 2 is 1.80 bits per heavy atom. The molecule has 1 aromatic heterocycles. The monoisotopic (exact) mass is 334 g/mol. The first-order chi connectivity index (χ1) is 12.2. The number of anilines is 3. The van der Waals surface area contributed by atoms with Crippen LogP contribution in [0.2, 0.25) is 0 Å². The molecule has 25 heavy (non-hydrogen) atoms. The van der Waals surface area contributed by atoms with Crippen molar-refractivity contribution >= 4 is 23.1 Å². The minimum absolute atomic E-state index is 0.216. The highest BCUT2D eigenvalue weighted by molar-refractivity contribution is 6.04. The van der Waals surface area contributed by atoms with Gasteiger partial charge in [0.25, 0.3) is 5.91 Å². The second-order valence-corrected chi connectivity index (χ2v) is 5.36. The first-order valence-electron chi connectivity index (χ1n) is 7.75. The van der Waals surface area contributed by atoms with Gasteiger partial charge in [0.1, 0.15) is 5.75 Å². The summed E-state index contributed by atoms with van der Waals surface area (Å²) in [6, 6.07) is 20.2. The fourth-order valence-electron chi connectivity index (χ4n) is 2.30. The largest absolute Gasteiger partial charge is 0.497 e. The lowest BCUT2D eigenvalue weighted by molar-refractivity contribution is 0.0987. The van der Waals surface area contributed by atoms with Crippen LogP contribution in [-0.2, 0) is 0 Å². The number of benzene rings is 2. The second kappa shape index (κ2) is 7.44. The number of hydrogen-bond donors (Lipinski definition) is 1. The Morgan fingerprint density at radius 1 is 1.00 bits per heavy atom. The summed E-state index contributed by atoms with van der Waals surface area (Å²) >= 11 is 0. The summed E-state index contributed by atoms with van der Waals surface area (Å²) in [7, 11) is 3.32. The van der Waals surface area contributed by atoms with Crippen LogP contribution in [0.1, 0.15) is 10.5 Å². The zero-order valence-corrected chi connectivity index (χ0v) is 14.0. The number of nitrogens with one attached hydrogen (secondary N) is 1. The van der Waals surface area contributed by atoms with E-state index < -0.39 is 0 Å². The summed E-state index contributed by atoms with van der Waals surface area (Å²) in [6.07, 6.45) is 0. The molecule has 0 aliphatic heterocycles. The zero-order chi connectivity index (χ0) is 17.6. The van der Waals surface area contributed by atoms with Crippen LogP contribution in [0.4, 0.5) is 17.2 Å². The SMILES string of the molecule is COc1cccc(Nc2ccc(C(=O)N(C)c3ccccc3)nn2)c1. The Bertz CT molecular complexity index is 851. The number of aromatic nitrogens is 2. The third-order valence-electron chi connectivity index (χ3n) is 3.67. The lowest BCUT2D eigenvalue weighted by atomic mass is 10.2. The van der Waals surface area contributed by atoms with E-state index in [2.05, 4.69) is 15.5 Å². The van der Waals surface area contributed by atoms with E-state index in [0.717, 1.165) is 17.1 Å². The van der Waals surface area contributed by atoms with Crippen molar-refractivity contribution in [3.63, 3.8) is 0 Å². The van der Waals surface area contributed by atoms with Crippen LogP contribution in [0.25, 0.3) is 0 Å². The molecule has 6 nitrogen and oxygen atoms in total. The Balaban J connectivity index is 1.72. The molecule has 0 fully saturated rings. The molecular formula is C19H18N4O2. The molecule has 1 amide bonds. The lowest BCUT2D eigenvalue weighted by Gasteiger charge is -2.16. The van der Waals surface area contributed by atoms with Gasteiger partial charge in [-0.05, 0) is 36.4 Å². The highest BCUT2D eigenvalue weighted by atomic mass is 16.5. The van der Waals surface area contributed by atoms with Crippen molar-refractivity contribution in [3.8, 4) is 5.75 Å². The molecule has 0 atom stereocenters. The van der Waals surface area contributed by atoms with Crippen LogP contribution in [0, 0.1) is 0 Å². The van der Waals surface area contributed by atoms with Gasteiger partial charge in [-0.15, -0.1) is 10.2 Å². The fraction of sp³-hybridized carbons (Fsp3) is 0.105. The van der Waals surface area contributed by atoms with Gasteiger partial charge in [-0.3, -0.25) is 4.79 Å². The fourth-order valence-corrected chi connectivity index (χ4v) is 2.30. The van der Waals surface area contributed by atoms with E-state index in [1.165, 1.54) is 0 Å². The van der Waals surface area contributed by atoms with Crippen molar-refractivity contribution in [3.05, 3.63) is 72.4 Å². The molecule has 3 rings (SSSR count). The van der Waals surface area contributed by atoms with E-state index in [4.69, 9.17) is 4.74 Å². The molecule has 0 radical (unpaired) electrons. The van der Waals surface area contributed by atoms with E-state index >= 15 is 0 Å². The summed E-state index contributed by atoms with van der Waals surface area (Å²) < 4.78 is 5.19. The topological polar surface area (TPSA) is 67.3 Å². The predicted octanol–water partition coefficient (Wildman–Crippen LogP) is 3.51. The number of ether oxygens (including phenoxy) is 1. The molecule has 126 valence electrons. The third-order valence-corrected chi connectivity index (χ3v) is 3.67. The van der Waals surface area contributed by atoms with Gasteiger partial charge in [0, 0.05) is 24.5 Å². The number of amides is 1. The first kappa shape index (κ1) is 16.4. The van der Waals surface area contributed by atoms with Crippen molar-refractivity contribution in [2.45, 2.75) is 0 Å². The molecule has 1 N–H and O–H groups in total. The maximum absolute atomic E-state index is 12.5. The van der Waals surface area contributed by atoms with Crippen LogP contribution < -0.4 is 15.0 Å². The van der Waals surface area contributed by atoms with Crippen molar-refractivity contribution < 1.29 is 9.53 Å². The number of hydrogen-bond acceptors (Lipinski definition) is 5. The van der Waals surface area contributed by atoms with Gasteiger partial charge >= 0.3 is 0 Å². The maximum atomic E-state index is 12.5. The molecule has 0 aliphatic carbocycles. The smallest absolute Gasteiger partial charge is 0.278 e. The highest BCUT2D eigenvalue weighted by Crippen LogP contribution is 2.20. The number of methoxy groups -OCH3 is 1. The Kier molecular flexibility index (Phi) is 4.89. The zero-order valence-electron chi connectivity index (χ0n) is 14.0. The summed E-state index contributed by atoms with van der Waals surface area (Å²) in [5.74, 6) is 1.08. The molecule has 0 saturated heterocycles. The summed E-state index contributed by atoms with van der Waals surface area (Å²) in [4.78, 5) is 14.0. The van der Waals surface area contributed by atoms with E-state index in [0.29, 0.717) is 5.82 Å². The number of carbonyl (C=O) groups is 1. The van der Waals surface area contributed by atoms with Crippen LogP contribution in [0.3, 0.4) is 0 Å². The van der Waals surface area contributed by atoms with Gasteiger partial charge < -0.3 is 15.0 Å². The normalized spacial score (nSPS) is 10.2. The Labute approximate surface area is 146 Å². The molecule has 0 saturated carbocycles. The summed E-state index contributed by atoms with van der Waals surface area (Å²) in [5, 5.41) is 11.2. The van der Waals surface area contributed by atoms with E-state index in [1.54, 1.807) is 31.2 Å². The number of nitrogens with zero attached hydrogens (tertiary/aromatic N) is 3. The third kappa shape index (κ3) is 3.92. The van der Waals surface area contributed by atoms with Crippen LogP contribution in [-0.4, -0.2) is 30.3 Å². The molecule has 0 bridgehead atoms. The number of para-hydroxylation sites is 1. The molecule has 2 aromatic carbocycles. The second-order valence-electron chi connectivity index (χ2n) is 5.36. The minimum Gasteiger partial charge on any atom is -0.497 e. The van der Waals surface area contributed by atoms with E-state index in [1.807, 2.05) is 54.6 Å². The highest BCUT2D eigenvalue weighted by Gasteiger charge is 2.15. The minimum atomic E-state index is -0.216. The number of carbonyl (C=O) groups excluding carboxylic acids is 1. The van der Waals surface area contributed by atoms with Crippen LogP contribution in [0.5, 0.6) is 5.75 Å².